The largest absolute Gasteiger partial charge is 0.336 e. The molecule has 0 saturated carbocycles. The van der Waals surface area contributed by atoms with Crippen molar-refractivity contribution in [1.82, 2.24) is 4.98 Å². The van der Waals surface area contributed by atoms with Crippen molar-refractivity contribution in [2.45, 2.75) is 25.8 Å². The summed E-state index contributed by atoms with van der Waals surface area (Å²) in [5, 5.41) is 16.5. The van der Waals surface area contributed by atoms with Crippen LogP contribution < -0.4 is 10.2 Å². The van der Waals surface area contributed by atoms with Crippen molar-refractivity contribution in [1.29, 1.82) is 0 Å². The monoisotopic (exact) mass is 332 g/mol. The Morgan fingerprint density at radius 3 is 3.04 bits per heavy atom. The molecule has 2 aromatic rings. The van der Waals surface area contributed by atoms with Crippen molar-refractivity contribution < 1.29 is 9.72 Å². The summed E-state index contributed by atoms with van der Waals surface area (Å²) in [7, 11) is 0. The van der Waals surface area contributed by atoms with E-state index in [0.717, 1.165) is 24.5 Å². The predicted molar refractivity (Wildman–Crippen MR) is 88.9 cm³/mol. The Morgan fingerprint density at radius 1 is 1.52 bits per heavy atom. The van der Waals surface area contributed by atoms with Gasteiger partial charge < -0.3 is 10.2 Å². The number of nitrogens with one attached hydrogen (secondary N) is 1. The number of hydrogen-bond acceptors (Lipinski definition) is 6. The molecular weight excluding hydrogens is 316 g/mol. The van der Waals surface area contributed by atoms with Crippen LogP contribution in [-0.4, -0.2) is 28.4 Å². The van der Waals surface area contributed by atoms with Gasteiger partial charge >= 0.3 is 0 Å². The van der Waals surface area contributed by atoms with Crippen LogP contribution in [-0.2, 0) is 4.79 Å². The van der Waals surface area contributed by atoms with E-state index in [1.165, 1.54) is 17.4 Å². The molecule has 7 nitrogen and oxygen atoms in total. The summed E-state index contributed by atoms with van der Waals surface area (Å²) in [6.07, 6.45) is 3.39. The number of benzene rings is 1. The summed E-state index contributed by atoms with van der Waals surface area (Å²) in [5.41, 5.74) is 0.950. The van der Waals surface area contributed by atoms with Crippen molar-refractivity contribution in [3.63, 3.8) is 0 Å². The lowest BCUT2D eigenvalue weighted by atomic mass is 10.1. The quantitative estimate of drug-likeness (QED) is 0.687. The van der Waals surface area contributed by atoms with Crippen LogP contribution in [0.15, 0.2) is 29.8 Å². The second-order valence-corrected chi connectivity index (χ2v) is 6.24. The molecule has 1 saturated heterocycles. The van der Waals surface area contributed by atoms with Crippen LogP contribution >= 0.6 is 11.3 Å². The van der Waals surface area contributed by atoms with E-state index >= 15 is 0 Å². The first-order valence-corrected chi connectivity index (χ1v) is 8.17. The highest BCUT2D eigenvalue weighted by Crippen LogP contribution is 2.29. The first kappa shape index (κ1) is 15.4. The van der Waals surface area contributed by atoms with Crippen LogP contribution in [0.5, 0.6) is 0 Å². The first-order chi connectivity index (χ1) is 11.1. The van der Waals surface area contributed by atoms with Gasteiger partial charge in [-0.25, -0.2) is 4.98 Å². The van der Waals surface area contributed by atoms with Gasteiger partial charge in [0.05, 0.1) is 16.2 Å². The van der Waals surface area contributed by atoms with Crippen LogP contribution in [0.1, 0.15) is 18.4 Å². The Morgan fingerprint density at radius 2 is 2.35 bits per heavy atom. The van der Waals surface area contributed by atoms with E-state index < -0.39 is 4.92 Å². The number of nitrogens with zero attached hydrogens (tertiary/aromatic N) is 3. The van der Waals surface area contributed by atoms with Gasteiger partial charge in [0.2, 0.25) is 5.91 Å². The highest BCUT2D eigenvalue weighted by atomic mass is 32.1. The summed E-state index contributed by atoms with van der Waals surface area (Å²) in [4.78, 5) is 29.4. The number of rotatable bonds is 4. The molecule has 1 N–H and O–H groups in total. The van der Waals surface area contributed by atoms with Gasteiger partial charge in [-0.1, -0.05) is 6.07 Å². The summed E-state index contributed by atoms with van der Waals surface area (Å²) in [6, 6.07) is 4.40. The minimum atomic E-state index is -0.442. The van der Waals surface area contributed by atoms with E-state index in [1.54, 1.807) is 25.3 Å². The van der Waals surface area contributed by atoms with E-state index in [-0.39, 0.29) is 17.6 Å². The fraction of sp³-hybridized carbons (Fsp3) is 0.333. The average molecular weight is 332 g/mol. The molecule has 2 heterocycles. The number of nitro benzene ring substituents is 1. The lowest BCUT2D eigenvalue weighted by molar-refractivity contribution is -0.385. The summed E-state index contributed by atoms with van der Waals surface area (Å²) >= 11 is 1.50. The molecule has 0 unspecified atom stereocenters. The number of aromatic nitrogens is 1. The molecule has 1 fully saturated rings. The molecule has 1 atom stereocenters. The molecule has 0 radical (unpaired) electrons. The minimum absolute atomic E-state index is 0.00556. The number of nitro groups is 1. The number of hydrogen-bond donors (Lipinski definition) is 1. The molecule has 1 aromatic heterocycles. The molecule has 8 heteroatoms. The Hall–Kier alpha value is -2.48. The summed E-state index contributed by atoms with van der Waals surface area (Å²) in [6.45, 7) is 2.43. The van der Waals surface area contributed by atoms with Crippen molar-refractivity contribution in [3.05, 3.63) is 45.5 Å². The zero-order valence-corrected chi connectivity index (χ0v) is 13.4. The number of anilines is 2. The topological polar surface area (TPSA) is 88.4 Å². The summed E-state index contributed by atoms with van der Waals surface area (Å²) in [5.74, 6) is -0.152. The molecule has 120 valence electrons. The maximum atomic E-state index is 12.6. The molecule has 0 aliphatic carbocycles. The van der Waals surface area contributed by atoms with Crippen molar-refractivity contribution in [2.24, 2.45) is 0 Å². The summed E-state index contributed by atoms with van der Waals surface area (Å²) < 4.78 is 0. The van der Waals surface area contributed by atoms with Crippen LogP contribution in [0.2, 0.25) is 0 Å². The second kappa shape index (κ2) is 6.33. The van der Waals surface area contributed by atoms with Crippen LogP contribution in [0.25, 0.3) is 0 Å². The van der Waals surface area contributed by atoms with Gasteiger partial charge in [0.25, 0.3) is 5.69 Å². The lowest BCUT2D eigenvalue weighted by Gasteiger charge is -2.23. The smallest absolute Gasteiger partial charge is 0.274 e. The first-order valence-electron chi connectivity index (χ1n) is 7.29. The van der Waals surface area contributed by atoms with Crippen molar-refractivity contribution >= 4 is 33.8 Å². The Balaban J connectivity index is 1.79. The maximum absolute atomic E-state index is 12.6. The van der Waals surface area contributed by atoms with E-state index in [4.69, 9.17) is 0 Å². The zero-order chi connectivity index (χ0) is 16.4. The van der Waals surface area contributed by atoms with Gasteiger partial charge in [0.1, 0.15) is 6.04 Å². The number of thiazole rings is 1. The van der Waals surface area contributed by atoms with Gasteiger partial charge in [0.15, 0.2) is 5.13 Å². The fourth-order valence-electron chi connectivity index (χ4n) is 2.80. The van der Waals surface area contributed by atoms with Crippen LogP contribution in [0, 0.1) is 17.0 Å². The Kier molecular flexibility index (Phi) is 4.24. The Bertz CT molecular complexity index is 732. The van der Waals surface area contributed by atoms with Gasteiger partial charge in [-0.15, -0.1) is 11.3 Å². The van der Waals surface area contributed by atoms with E-state index in [2.05, 4.69) is 10.3 Å². The van der Waals surface area contributed by atoms with E-state index in [9.17, 15) is 14.9 Å². The van der Waals surface area contributed by atoms with Crippen molar-refractivity contribution in [2.75, 3.05) is 16.8 Å². The molecule has 1 aliphatic heterocycles. The molecule has 0 bridgehead atoms. The zero-order valence-electron chi connectivity index (χ0n) is 12.6. The SMILES string of the molecule is Cc1c(NC(=O)[C@@H]2CCCN2c2nccs2)cccc1[N+](=O)[O-]. The van der Waals surface area contributed by atoms with Crippen molar-refractivity contribution in [3.8, 4) is 0 Å². The van der Waals surface area contributed by atoms with Crippen LogP contribution in [0.4, 0.5) is 16.5 Å². The minimum Gasteiger partial charge on any atom is -0.336 e. The van der Waals surface area contributed by atoms with Gasteiger partial charge in [0, 0.05) is 24.2 Å². The molecule has 1 aromatic carbocycles. The second-order valence-electron chi connectivity index (χ2n) is 5.36. The molecule has 3 rings (SSSR count). The van der Waals surface area contributed by atoms with E-state index in [0.29, 0.717) is 11.3 Å². The standard InChI is InChI=1S/C15H16N4O3S/c1-10-11(4-2-5-12(10)19(21)22)17-14(20)13-6-3-8-18(13)15-16-7-9-23-15/h2,4-5,7,9,13H,3,6,8H2,1H3,(H,17,20)/t13-/m0/s1. The maximum Gasteiger partial charge on any atom is 0.274 e. The predicted octanol–water partition coefficient (Wildman–Crippen LogP) is 2.97. The highest BCUT2D eigenvalue weighted by molar-refractivity contribution is 7.13. The molecule has 0 spiro atoms. The number of carbonyl (C=O) groups is 1. The molecule has 1 amide bonds. The average Bonchev–Trinajstić information content (AvgIpc) is 3.19. The third-order valence-corrected chi connectivity index (χ3v) is 4.79. The van der Waals surface area contributed by atoms with Crippen LogP contribution in [0.3, 0.4) is 0 Å². The van der Waals surface area contributed by atoms with Gasteiger partial charge in [-0.05, 0) is 25.8 Å². The third kappa shape index (κ3) is 3.02. The number of carbonyl (C=O) groups excluding carboxylic acids is 1. The Labute approximate surface area is 137 Å². The molecular formula is C15H16N4O3S. The normalized spacial score (nSPS) is 17.3. The van der Waals surface area contributed by atoms with Gasteiger partial charge in [-0.3, -0.25) is 14.9 Å². The lowest BCUT2D eigenvalue weighted by Crippen LogP contribution is -2.39. The van der Waals surface area contributed by atoms with Gasteiger partial charge in [-0.2, -0.15) is 0 Å². The third-order valence-electron chi connectivity index (χ3n) is 3.98. The highest BCUT2D eigenvalue weighted by Gasteiger charge is 2.32. The fourth-order valence-corrected chi connectivity index (χ4v) is 3.52. The van der Waals surface area contributed by atoms with E-state index in [1.807, 2.05) is 10.3 Å². The molecule has 1 aliphatic rings. The number of amides is 1. The molecule has 23 heavy (non-hydrogen) atoms.